The van der Waals surface area contributed by atoms with Gasteiger partial charge in [-0.1, -0.05) is 6.92 Å². The molecule has 0 aromatic heterocycles. The number of nitrogens with zero attached hydrogens (tertiary/aromatic N) is 1. The zero-order valence-electron chi connectivity index (χ0n) is 10.3. The van der Waals surface area contributed by atoms with E-state index in [2.05, 4.69) is 5.32 Å². The van der Waals surface area contributed by atoms with Gasteiger partial charge in [-0.2, -0.15) is 0 Å². The highest BCUT2D eigenvalue weighted by Gasteiger charge is 2.31. The molecule has 1 saturated heterocycles. The Labute approximate surface area is 102 Å². The van der Waals surface area contributed by atoms with Gasteiger partial charge in [-0.05, 0) is 0 Å². The van der Waals surface area contributed by atoms with E-state index in [0.717, 1.165) is 6.54 Å². The van der Waals surface area contributed by atoms with Gasteiger partial charge in [-0.3, -0.25) is 4.79 Å². The molecule has 17 heavy (non-hydrogen) atoms. The van der Waals surface area contributed by atoms with Crippen LogP contribution in [0.1, 0.15) is 13.3 Å². The molecule has 1 rings (SSSR count). The van der Waals surface area contributed by atoms with Gasteiger partial charge in [0.1, 0.15) is 0 Å². The Morgan fingerprint density at radius 2 is 2.35 bits per heavy atom. The van der Waals surface area contributed by atoms with Crippen molar-refractivity contribution in [2.75, 3.05) is 39.5 Å². The molecule has 0 spiro atoms. The summed E-state index contributed by atoms with van der Waals surface area (Å²) in [6.45, 7) is 3.72. The predicted octanol–water partition coefficient (Wildman–Crippen LogP) is -1.43. The molecule has 100 valence electrons. The van der Waals surface area contributed by atoms with Crippen LogP contribution in [0.3, 0.4) is 0 Å². The fourth-order valence-corrected chi connectivity index (χ4v) is 2.04. The number of carbonyl (C=O) groups is 1. The molecule has 2 atom stereocenters. The van der Waals surface area contributed by atoms with Crippen molar-refractivity contribution in [3.63, 3.8) is 0 Å². The summed E-state index contributed by atoms with van der Waals surface area (Å²) in [6.07, 6.45) is 0.146. The number of rotatable bonds is 6. The molecule has 0 aromatic carbocycles. The monoisotopic (exact) mass is 246 g/mol. The van der Waals surface area contributed by atoms with Gasteiger partial charge in [0.25, 0.3) is 0 Å². The second-order valence-electron chi connectivity index (χ2n) is 4.03. The van der Waals surface area contributed by atoms with Gasteiger partial charge in [0.05, 0.1) is 32.0 Å². The lowest BCUT2D eigenvalue weighted by atomic mass is 10.1. The van der Waals surface area contributed by atoms with E-state index in [4.69, 9.17) is 9.84 Å². The number of hydrogen-bond acceptors (Lipinski definition) is 5. The number of hydrogen-bond donors (Lipinski definition) is 3. The first kappa shape index (κ1) is 14.4. The molecule has 0 aromatic rings. The minimum absolute atomic E-state index is 0.0766. The van der Waals surface area contributed by atoms with Crippen LogP contribution in [0.15, 0.2) is 0 Å². The second kappa shape index (κ2) is 7.60. The lowest BCUT2D eigenvalue weighted by molar-refractivity contribution is -0.140. The molecule has 0 radical (unpaired) electrons. The first-order valence-corrected chi connectivity index (χ1v) is 6.08. The molecule has 1 fully saturated rings. The van der Waals surface area contributed by atoms with Crippen molar-refractivity contribution in [1.29, 1.82) is 0 Å². The maximum Gasteiger partial charge on any atom is 0.222 e. The Bertz CT molecular complexity index is 232. The van der Waals surface area contributed by atoms with Crippen molar-refractivity contribution in [3.8, 4) is 0 Å². The quantitative estimate of drug-likeness (QED) is 0.535. The summed E-state index contributed by atoms with van der Waals surface area (Å²) in [4.78, 5) is 13.3. The summed E-state index contributed by atoms with van der Waals surface area (Å²) in [5.74, 6) is -0.0766. The van der Waals surface area contributed by atoms with E-state index < -0.39 is 0 Å². The summed E-state index contributed by atoms with van der Waals surface area (Å²) in [5, 5.41) is 21.6. The summed E-state index contributed by atoms with van der Waals surface area (Å²) in [6, 6.07) is -0.387. The summed E-state index contributed by atoms with van der Waals surface area (Å²) in [7, 11) is 0. The van der Waals surface area contributed by atoms with Gasteiger partial charge in [0, 0.05) is 26.1 Å². The number of carbonyl (C=O) groups excluding carboxylic acids is 1. The summed E-state index contributed by atoms with van der Waals surface area (Å²) in [5.41, 5.74) is 0. The molecule has 1 heterocycles. The van der Waals surface area contributed by atoms with Crippen LogP contribution < -0.4 is 5.32 Å². The van der Waals surface area contributed by atoms with Crippen molar-refractivity contribution in [2.45, 2.75) is 25.5 Å². The lowest BCUT2D eigenvalue weighted by Gasteiger charge is -2.37. The molecule has 6 nitrogen and oxygen atoms in total. The van der Waals surface area contributed by atoms with Crippen molar-refractivity contribution in [1.82, 2.24) is 10.2 Å². The third kappa shape index (κ3) is 3.92. The molecule has 1 aliphatic heterocycles. The highest BCUT2D eigenvalue weighted by atomic mass is 16.5. The van der Waals surface area contributed by atoms with Gasteiger partial charge >= 0.3 is 0 Å². The molecule has 6 heteroatoms. The van der Waals surface area contributed by atoms with E-state index >= 15 is 0 Å². The number of ether oxygens (including phenoxy) is 1. The molecule has 1 aliphatic rings. The zero-order valence-corrected chi connectivity index (χ0v) is 10.3. The highest BCUT2D eigenvalue weighted by Crippen LogP contribution is 2.11. The zero-order chi connectivity index (χ0) is 12.7. The van der Waals surface area contributed by atoms with E-state index in [0.29, 0.717) is 19.6 Å². The van der Waals surface area contributed by atoms with E-state index in [1.165, 1.54) is 4.90 Å². The van der Waals surface area contributed by atoms with Crippen molar-refractivity contribution in [2.24, 2.45) is 0 Å². The van der Waals surface area contributed by atoms with Crippen molar-refractivity contribution in [3.05, 3.63) is 0 Å². The lowest BCUT2D eigenvalue weighted by Crippen LogP contribution is -2.56. The number of amides is 1. The van der Waals surface area contributed by atoms with Crippen molar-refractivity contribution >= 4 is 5.91 Å². The van der Waals surface area contributed by atoms with Crippen LogP contribution in [0.4, 0.5) is 0 Å². The van der Waals surface area contributed by atoms with E-state index in [9.17, 15) is 9.90 Å². The average Bonchev–Trinajstić information content (AvgIpc) is 2.39. The third-order valence-corrected chi connectivity index (χ3v) is 2.94. The van der Waals surface area contributed by atoms with Crippen LogP contribution in [0, 0.1) is 0 Å². The number of nitrogens with one attached hydrogen (secondary N) is 1. The third-order valence-electron chi connectivity index (χ3n) is 2.94. The van der Waals surface area contributed by atoms with E-state index in [1.54, 1.807) is 6.92 Å². The fraction of sp³-hybridized carbons (Fsp3) is 0.909. The fourth-order valence-electron chi connectivity index (χ4n) is 2.04. The molecule has 0 aliphatic carbocycles. The van der Waals surface area contributed by atoms with Crippen LogP contribution in [0.2, 0.25) is 0 Å². The summed E-state index contributed by atoms with van der Waals surface area (Å²) >= 11 is 0. The maximum atomic E-state index is 11.8. The largest absolute Gasteiger partial charge is 0.395 e. The van der Waals surface area contributed by atoms with E-state index in [1.807, 2.05) is 0 Å². The van der Waals surface area contributed by atoms with Crippen LogP contribution >= 0.6 is 0 Å². The molecule has 1 amide bonds. The van der Waals surface area contributed by atoms with Gasteiger partial charge in [-0.15, -0.1) is 0 Å². The van der Waals surface area contributed by atoms with Crippen LogP contribution in [0.25, 0.3) is 0 Å². The van der Waals surface area contributed by atoms with Gasteiger partial charge in [-0.25, -0.2) is 0 Å². The Kier molecular flexibility index (Phi) is 6.43. The second-order valence-corrected chi connectivity index (χ2v) is 4.03. The summed E-state index contributed by atoms with van der Waals surface area (Å²) < 4.78 is 5.55. The molecular weight excluding hydrogens is 224 g/mol. The van der Waals surface area contributed by atoms with Crippen LogP contribution in [-0.2, 0) is 9.53 Å². The average molecular weight is 246 g/mol. The maximum absolute atomic E-state index is 11.8. The molecule has 3 N–H and O–H groups in total. The Hall–Kier alpha value is -0.690. The SMILES string of the molecule is CCC(=O)N(CCO)C(CO)C1CNCCO1. The highest BCUT2D eigenvalue weighted by molar-refractivity contribution is 5.76. The predicted molar refractivity (Wildman–Crippen MR) is 62.6 cm³/mol. The number of aliphatic hydroxyl groups is 2. The smallest absolute Gasteiger partial charge is 0.222 e. The molecular formula is C11H22N2O4. The van der Waals surface area contributed by atoms with Crippen LogP contribution in [0.5, 0.6) is 0 Å². The molecule has 2 unspecified atom stereocenters. The first-order valence-electron chi connectivity index (χ1n) is 6.08. The first-order chi connectivity index (χ1) is 8.24. The Balaban J connectivity index is 2.68. The van der Waals surface area contributed by atoms with Gasteiger partial charge < -0.3 is 25.2 Å². The van der Waals surface area contributed by atoms with E-state index in [-0.39, 0.29) is 37.8 Å². The standard InChI is InChI=1S/C11H22N2O4/c1-2-11(16)13(4-5-14)9(8-15)10-7-12-3-6-17-10/h9-10,12,14-15H,2-8H2,1H3. The van der Waals surface area contributed by atoms with Crippen molar-refractivity contribution < 1.29 is 19.7 Å². The molecule has 0 saturated carbocycles. The molecule has 0 bridgehead atoms. The topological polar surface area (TPSA) is 82.0 Å². The Morgan fingerprint density at radius 1 is 1.59 bits per heavy atom. The minimum atomic E-state index is -0.387. The van der Waals surface area contributed by atoms with Crippen LogP contribution in [-0.4, -0.2) is 72.6 Å². The van der Waals surface area contributed by atoms with Gasteiger partial charge in [0.15, 0.2) is 0 Å². The van der Waals surface area contributed by atoms with Gasteiger partial charge in [0.2, 0.25) is 5.91 Å². The minimum Gasteiger partial charge on any atom is -0.395 e. The normalized spacial score (nSPS) is 22.2. The number of morpholine rings is 1. The number of aliphatic hydroxyl groups excluding tert-OH is 2. The Morgan fingerprint density at radius 3 is 2.82 bits per heavy atom.